The van der Waals surface area contributed by atoms with Gasteiger partial charge in [-0.3, -0.25) is 0 Å². The minimum atomic E-state index is 0.0574. The van der Waals surface area contributed by atoms with E-state index in [1.54, 1.807) is 0 Å². The van der Waals surface area contributed by atoms with E-state index in [-0.39, 0.29) is 5.82 Å². The number of benzene rings is 1. The van der Waals surface area contributed by atoms with Crippen molar-refractivity contribution in [1.29, 1.82) is 0 Å². The molecule has 0 atom stereocenters. The minimum Gasteiger partial charge on any atom is -0.330 e. The maximum absolute atomic E-state index is 14.0. The molecule has 2 rings (SSSR count). The summed E-state index contributed by atoms with van der Waals surface area (Å²) < 4.78 is 14.0. The molecule has 2 heteroatoms. The number of nitrogens with two attached hydrogens (primary N) is 1. The van der Waals surface area contributed by atoms with Crippen LogP contribution in [0.15, 0.2) is 12.1 Å². The minimum absolute atomic E-state index is 0.0574. The summed E-state index contributed by atoms with van der Waals surface area (Å²) in [6, 6.07) is 4.05. The Morgan fingerprint density at radius 3 is 2.87 bits per heavy atom. The molecule has 1 aromatic rings. The summed E-state index contributed by atoms with van der Waals surface area (Å²) in [5.41, 5.74) is 8.50. The fourth-order valence-electron chi connectivity index (χ4n) is 2.32. The van der Waals surface area contributed by atoms with Crippen LogP contribution < -0.4 is 5.73 Å². The molecule has 0 heterocycles. The van der Waals surface area contributed by atoms with Gasteiger partial charge in [-0.2, -0.15) is 0 Å². The molecule has 0 bridgehead atoms. The molecule has 1 nitrogen and oxygen atoms in total. The lowest BCUT2D eigenvalue weighted by atomic mass is 10.0. The standard InChI is InChI=1S/C13H18FN/c14-13-11(4-1-2-9-15)8-7-10-5-3-6-12(10)13/h7-8H,1-6,9,15H2. The van der Waals surface area contributed by atoms with Crippen LogP contribution in [0.5, 0.6) is 0 Å². The van der Waals surface area contributed by atoms with Crippen LogP contribution in [0.4, 0.5) is 4.39 Å². The fourth-order valence-corrected chi connectivity index (χ4v) is 2.32. The highest BCUT2D eigenvalue weighted by atomic mass is 19.1. The van der Waals surface area contributed by atoms with Crippen molar-refractivity contribution in [2.45, 2.75) is 38.5 Å². The lowest BCUT2D eigenvalue weighted by Crippen LogP contribution is -2.01. The summed E-state index contributed by atoms with van der Waals surface area (Å²) >= 11 is 0. The maximum atomic E-state index is 14.0. The van der Waals surface area contributed by atoms with Crippen LogP contribution in [0, 0.1) is 5.82 Å². The molecule has 1 aromatic carbocycles. The average Bonchev–Trinajstić information content (AvgIpc) is 2.70. The largest absolute Gasteiger partial charge is 0.330 e. The molecule has 0 saturated heterocycles. The van der Waals surface area contributed by atoms with E-state index in [2.05, 4.69) is 6.07 Å². The Labute approximate surface area is 90.5 Å². The molecule has 0 aromatic heterocycles. The summed E-state index contributed by atoms with van der Waals surface area (Å²) in [5.74, 6) is 0.0574. The van der Waals surface area contributed by atoms with Crippen molar-refractivity contribution >= 4 is 0 Å². The van der Waals surface area contributed by atoms with Gasteiger partial charge in [-0.15, -0.1) is 0 Å². The SMILES string of the molecule is NCCCCc1ccc2c(c1F)CCC2. The van der Waals surface area contributed by atoms with Crippen LogP contribution in [-0.4, -0.2) is 6.54 Å². The topological polar surface area (TPSA) is 26.0 Å². The highest BCUT2D eigenvalue weighted by Crippen LogP contribution is 2.27. The summed E-state index contributed by atoms with van der Waals surface area (Å²) in [7, 11) is 0. The zero-order valence-corrected chi connectivity index (χ0v) is 9.06. The van der Waals surface area contributed by atoms with Crippen molar-refractivity contribution < 1.29 is 4.39 Å². The predicted octanol–water partition coefficient (Wildman–Crippen LogP) is 2.60. The van der Waals surface area contributed by atoms with E-state index in [4.69, 9.17) is 5.73 Å². The molecule has 15 heavy (non-hydrogen) atoms. The van der Waals surface area contributed by atoms with E-state index >= 15 is 0 Å². The monoisotopic (exact) mass is 207 g/mol. The van der Waals surface area contributed by atoms with Crippen molar-refractivity contribution in [2.75, 3.05) is 6.54 Å². The molecule has 0 saturated carbocycles. The van der Waals surface area contributed by atoms with Gasteiger partial charge in [-0.1, -0.05) is 12.1 Å². The Kier molecular flexibility index (Phi) is 3.37. The molecule has 1 aliphatic rings. The van der Waals surface area contributed by atoms with Crippen molar-refractivity contribution in [3.8, 4) is 0 Å². The van der Waals surface area contributed by atoms with Gasteiger partial charge < -0.3 is 5.73 Å². The molecule has 0 unspecified atom stereocenters. The van der Waals surface area contributed by atoms with E-state index in [9.17, 15) is 4.39 Å². The van der Waals surface area contributed by atoms with E-state index in [1.165, 1.54) is 5.56 Å². The van der Waals surface area contributed by atoms with E-state index in [1.807, 2.05) is 6.07 Å². The second-order valence-corrected chi connectivity index (χ2v) is 4.28. The predicted molar refractivity (Wildman–Crippen MR) is 60.4 cm³/mol. The number of hydrogen-bond donors (Lipinski definition) is 1. The first-order valence-electron chi connectivity index (χ1n) is 5.82. The number of fused-ring (bicyclic) bond motifs is 1. The Morgan fingerprint density at radius 1 is 1.20 bits per heavy atom. The Morgan fingerprint density at radius 2 is 2.07 bits per heavy atom. The van der Waals surface area contributed by atoms with E-state index in [0.717, 1.165) is 49.7 Å². The van der Waals surface area contributed by atoms with Gasteiger partial charge >= 0.3 is 0 Å². The van der Waals surface area contributed by atoms with Gasteiger partial charge in [0.15, 0.2) is 0 Å². The zero-order valence-electron chi connectivity index (χ0n) is 9.06. The van der Waals surface area contributed by atoms with Gasteiger partial charge in [0.2, 0.25) is 0 Å². The third-order valence-corrected chi connectivity index (χ3v) is 3.19. The van der Waals surface area contributed by atoms with Crippen LogP contribution in [0.25, 0.3) is 0 Å². The molecular weight excluding hydrogens is 189 g/mol. The molecule has 2 N–H and O–H groups in total. The number of unbranched alkanes of at least 4 members (excludes halogenated alkanes) is 1. The van der Waals surface area contributed by atoms with Crippen molar-refractivity contribution in [3.63, 3.8) is 0 Å². The molecule has 0 aliphatic heterocycles. The first kappa shape index (κ1) is 10.6. The first-order valence-corrected chi connectivity index (χ1v) is 5.82. The number of halogens is 1. The highest BCUT2D eigenvalue weighted by Gasteiger charge is 2.17. The second-order valence-electron chi connectivity index (χ2n) is 4.28. The quantitative estimate of drug-likeness (QED) is 0.754. The van der Waals surface area contributed by atoms with Gasteiger partial charge in [0.05, 0.1) is 0 Å². The van der Waals surface area contributed by atoms with Gasteiger partial charge in [0.25, 0.3) is 0 Å². The summed E-state index contributed by atoms with van der Waals surface area (Å²) in [4.78, 5) is 0. The molecule has 0 radical (unpaired) electrons. The van der Waals surface area contributed by atoms with Gasteiger partial charge in [0, 0.05) is 0 Å². The average molecular weight is 207 g/mol. The maximum Gasteiger partial charge on any atom is 0.129 e. The third kappa shape index (κ3) is 2.20. The van der Waals surface area contributed by atoms with Crippen LogP contribution in [-0.2, 0) is 19.3 Å². The highest BCUT2D eigenvalue weighted by molar-refractivity contribution is 5.37. The Bertz CT molecular complexity index is 347. The lowest BCUT2D eigenvalue weighted by Gasteiger charge is -2.07. The smallest absolute Gasteiger partial charge is 0.129 e. The van der Waals surface area contributed by atoms with Crippen molar-refractivity contribution in [1.82, 2.24) is 0 Å². The summed E-state index contributed by atoms with van der Waals surface area (Å²) in [5, 5.41) is 0. The number of aryl methyl sites for hydroxylation is 2. The van der Waals surface area contributed by atoms with Crippen molar-refractivity contribution in [2.24, 2.45) is 5.73 Å². The summed E-state index contributed by atoms with van der Waals surface area (Å²) in [6.45, 7) is 0.701. The lowest BCUT2D eigenvalue weighted by molar-refractivity contribution is 0.587. The number of hydrogen-bond acceptors (Lipinski definition) is 1. The van der Waals surface area contributed by atoms with Crippen LogP contribution >= 0.6 is 0 Å². The molecule has 82 valence electrons. The Hall–Kier alpha value is -0.890. The number of rotatable bonds is 4. The van der Waals surface area contributed by atoms with Gasteiger partial charge in [-0.05, 0) is 61.8 Å². The van der Waals surface area contributed by atoms with Crippen LogP contribution in [0.1, 0.15) is 36.0 Å². The van der Waals surface area contributed by atoms with Gasteiger partial charge in [-0.25, -0.2) is 4.39 Å². The van der Waals surface area contributed by atoms with Crippen LogP contribution in [0.3, 0.4) is 0 Å². The molecular formula is C13H18FN. The van der Waals surface area contributed by atoms with Crippen molar-refractivity contribution in [3.05, 3.63) is 34.6 Å². The van der Waals surface area contributed by atoms with Crippen LogP contribution in [0.2, 0.25) is 0 Å². The van der Waals surface area contributed by atoms with E-state index in [0.29, 0.717) is 6.54 Å². The molecule has 1 aliphatic carbocycles. The van der Waals surface area contributed by atoms with E-state index < -0.39 is 0 Å². The molecule has 0 amide bonds. The Balaban J connectivity index is 2.12. The van der Waals surface area contributed by atoms with Gasteiger partial charge in [0.1, 0.15) is 5.82 Å². The third-order valence-electron chi connectivity index (χ3n) is 3.19. The molecule has 0 fully saturated rings. The zero-order chi connectivity index (χ0) is 10.7. The summed E-state index contributed by atoms with van der Waals surface area (Å²) in [6.07, 6.45) is 5.89. The fraction of sp³-hybridized carbons (Fsp3) is 0.538. The second kappa shape index (κ2) is 4.75. The first-order chi connectivity index (χ1) is 7.33. The normalized spacial score (nSPS) is 14.3. The molecule has 0 spiro atoms.